The zero-order valence-corrected chi connectivity index (χ0v) is 10.5. The summed E-state index contributed by atoms with van der Waals surface area (Å²) in [7, 11) is 0. The second kappa shape index (κ2) is 4.84. The van der Waals surface area contributed by atoms with Crippen molar-refractivity contribution in [3.05, 3.63) is 0 Å². The van der Waals surface area contributed by atoms with Gasteiger partial charge in [-0.15, -0.1) is 0 Å². The Morgan fingerprint density at radius 3 is 2.47 bits per heavy atom. The van der Waals surface area contributed by atoms with Gasteiger partial charge < -0.3 is 4.48 Å². The van der Waals surface area contributed by atoms with Gasteiger partial charge >= 0.3 is 0 Å². The van der Waals surface area contributed by atoms with Crippen molar-refractivity contribution in [1.29, 1.82) is 0 Å². The van der Waals surface area contributed by atoms with E-state index < -0.39 is 0 Å². The van der Waals surface area contributed by atoms with Crippen LogP contribution in [0.3, 0.4) is 0 Å². The van der Waals surface area contributed by atoms with E-state index in [1.54, 1.807) is 0 Å². The Labute approximate surface area is 94.8 Å². The van der Waals surface area contributed by atoms with E-state index >= 15 is 0 Å². The van der Waals surface area contributed by atoms with Crippen LogP contribution in [0.1, 0.15) is 46.0 Å². The first kappa shape index (κ1) is 11.4. The molecular formula is C13H27N2+. The lowest BCUT2D eigenvalue weighted by atomic mass is 10.1. The summed E-state index contributed by atoms with van der Waals surface area (Å²) in [5, 5.41) is 0. The van der Waals surface area contributed by atoms with Crippen molar-refractivity contribution >= 4 is 0 Å². The molecule has 2 aliphatic rings. The monoisotopic (exact) mass is 211 g/mol. The van der Waals surface area contributed by atoms with Crippen LogP contribution in [0.4, 0.5) is 0 Å². The van der Waals surface area contributed by atoms with Gasteiger partial charge in [0.25, 0.3) is 0 Å². The molecule has 1 atom stereocenters. The van der Waals surface area contributed by atoms with Crippen molar-refractivity contribution < 1.29 is 4.48 Å². The molecule has 0 saturated carbocycles. The van der Waals surface area contributed by atoms with E-state index in [9.17, 15) is 0 Å². The van der Waals surface area contributed by atoms with Gasteiger partial charge in [-0.25, -0.2) is 0 Å². The molecule has 1 spiro atoms. The van der Waals surface area contributed by atoms with Gasteiger partial charge in [-0.2, -0.15) is 0 Å². The predicted octanol–water partition coefficient (Wildman–Crippen LogP) is 2.45. The third-order valence-electron chi connectivity index (χ3n) is 4.34. The van der Waals surface area contributed by atoms with Gasteiger partial charge in [0, 0.05) is 25.8 Å². The number of nitrogens with zero attached hydrogens (tertiary/aromatic N) is 2. The third-order valence-corrected chi connectivity index (χ3v) is 4.34. The summed E-state index contributed by atoms with van der Waals surface area (Å²) >= 11 is 0. The van der Waals surface area contributed by atoms with E-state index in [4.69, 9.17) is 0 Å². The Morgan fingerprint density at radius 1 is 1.13 bits per heavy atom. The summed E-state index contributed by atoms with van der Waals surface area (Å²) < 4.78 is 1.45. The lowest BCUT2D eigenvalue weighted by Gasteiger charge is -2.35. The molecule has 2 fully saturated rings. The highest BCUT2D eigenvalue weighted by molar-refractivity contribution is 4.75. The van der Waals surface area contributed by atoms with Crippen molar-refractivity contribution in [2.75, 3.05) is 32.8 Å². The van der Waals surface area contributed by atoms with Crippen LogP contribution in [0.25, 0.3) is 0 Å². The molecule has 0 aliphatic carbocycles. The van der Waals surface area contributed by atoms with Crippen LogP contribution >= 0.6 is 0 Å². The average molecular weight is 211 g/mol. The van der Waals surface area contributed by atoms with Crippen LogP contribution in [0.15, 0.2) is 0 Å². The van der Waals surface area contributed by atoms with Gasteiger partial charge in [-0.3, -0.25) is 4.90 Å². The van der Waals surface area contributed by atoms with E-state index in [1.807, 2.05) is 0 Å². The minimum Gasteiger partial charge on any atom is -0.308 e. The Hall–Kier alpha value is -0.0800. The molecule has 0 aromatic rings. The van der Waals surface area contributed by atoms with Crippen molar-refractivity contribution in [2.45, 2.75) is 52.0 Å². The second-order valence-electron chi connectivity index (χ2n) is 5.53. The highest BCUT2D eigenvalue weighted by Crippen LogP contribution is 2.32. The van der Waals surface area contributed by atoms with Gasteiger partial charge in [0.15, 0.2) is 0 Å². The quantitative estimate of drug-likeness (QED) is 0.646. The molecule has 0 bridgehead atoms. The summed E-state index contributed by atoms with van der Waals surface area (Å²) in [5.74, 6) is 0. The predicted molar refractivity (Wildman–Crippen MR) is 64.7 cm³/mol. The van der Waals surface area contributed by atoms with Crippen LogP contribution in [0.2, 0.25) is 0 Å². The molecule has 2 rings (SSSR count). The van der Waals surface area contributed by atoms with Crippen LogP contribution in [0, 0.1) is 0 Å². The van der Waals surface area contributed by atoms with E-state index in [0.29, 0.717) is 0 Å². The van der Waals surface area contributed by atoms with Gasteiger partial charge in [-0.05, 0) is 6.42 Å². The molecule has 2 heteroatoms. The van der Waals surface area contributed by atoms with Crippen molar-refractivity contribution in [2.24, 2.45) is 0 Å². The number of hydrogen-bond acceptors (Lipinski definition) is 1. The molecule has 2 nitrogen and oxygen atoms in total. The largest absolute Gasteiger partial charge is 0.308 e. The van der Waals surface area contributed by atoms with Crippen LogP contribution < -0.4 is 0 Å². The summed E-state index contributed by atoms with van der Waals surface area (Å²) in [6.45, 7) is 11.6. The average Bonchev–Trinajstić information content (AvgIpc) is 2.79. The Bertz CT molecular complexity index is 197. The lowest BCUT2D eigenvalue weighted by molar-refractivity contribution is -0.931. The fourth-order valence-electron chi connectivity index (χ4n) is 3.69. The standard InChI is InChI=1S/C13H27N2/c1-3-7-13-11-14(8-4-2)12-15(13)9-5-6-10-15/h13H,3-12H2,1-2H3/q+1. The van der Waals surface area contributed by atoms with Gasteiger partial charge in [0.2, 0.25) is 0 Å². The Kier molecular flexibility index (Phi) is 3.68. The molecule has 2 saturated heterocycles. The first-order chi connectivity index (χ1) is 7.30. The molecule has 1 unspecified atom stereocenters. The van der Waals surface area contributed by atoms with Gasteiger partial charge in [-0.1, -0.05) is 20.3 Å². The molecule has 0 amide bonds. The fraction of sp³-hybridized carbons (Fsp3) is 1.00. The van der Waals surface area contributed by atoms with Crippen molar-refractivity contribution in [3.63, 3.8) is 0 Å². The lowest BCUT2D eigenvalue weighted by Crippen LogP contribution is -2.50. The molecule has 0 aromatic heterocycles. The first-order valence-corrected chi connectivity index (χ1v) is 6.89. The van der Waals surface area contributed by atoms with Gasteiger partial charge in [0.1, 0.15) is 12.7 Å². The highest BCUT2D eigenvalue weighted by Gasteiger charge is 2.46. The van der Waals surface area contributed by atoms with E-state index in [1.165, 1.54) is 69.4 Å². The smallest absolute Gasteiger partial charge is 0.135 e. The van der Waals surface area contributed by atoms with Crippen molar-refractivity contribution in [3.8, 4) is 0 Å². The zero-order chi connectivity index (χ0) is 10.7. The fourth-order valence-corrected chi connectivity index (χ4v) is 3.69. The maximum atomic E-state index is 2.71. The van der Waals surface area contributed by atoms with Gasteiger partial charge in [0.05, 0.1) is 19.6 Å². The van der Waals surface area contributed by atoms with Crippen molar-refractivity contribution in [1.82, 2.24) is 4.90 Å². The minimum absolute atomic E-state index is 0.962. The first-order valence-electron chi connectivity index (χ1n) is 6.89. The maximum absolute atomic E-state index is 2.71. The van der Waals surface area contributed by atoms with Crippen LogP contribution in [-0.2, 0) is 0 Å². The molecule has 2 aliphatic heterocycles. The molecule has 15 heavy (non-hydrogen) atoms. The maximum Gasteiger partial charge on any atom is 0.135 e. The second-order valence-corrected chi connectivity index (χ2v) is 5.53. The molecule has 0 N–H and O–H groups in total. The molecule has 0 radical (unpaired) electrons. The molecule has 88 valence electrons. The topological polar surface area (TPSA) is 3.24 Å². The SMILES string of the molecule is CCCC1CN(CCC)C[N+]12CCCC2. The molecule has 0 aromatic carbocycles. The Balaban J connectivity index is 2.00. The van der Waals surface area contributed by atoms with E-state index in [0.717, 1.165) is 6.04 Å². The summed E-state index contributed by atoms with van der Waals surface area (Å²) in [6, 6.07) is 0.962. The normalized spacial score (nSPS) is 30.4. The molecular weight excluding hydrogens is 184 g/mol. The van der Waals surface area contributed by atoms with Crippen LogP contribution in [0.5, 0.6) is 0 Å². The summed E-state index contributed by atoms with van der Waals surface area (Å²) in [4.78, 5) is 2.71. The zero-order valence-electron chi connectivity index (χ0n) is 10.5. The molecule has 2 heterocycles. The summed E-state index contributed by atoms with van der Waals surface area (Å²) in [5.41, 5.74) is 0. The number of quaternary nitrogens is 1. The van der Waals surface area contributed by atoms with Crippen LogP contribution in [-0.4, -0.2) is 48.3 Å². The number of hydrogen-bond donors (Lipinski definition) is 0. The van der Waals surface area contributed by atoms with E-state index in [-0.39, 0.29) is 0 Å². The number of rotatable bonds is 4. The van der Waals surface area contributed by atoms with E-state index in [2.05, 4.69) is 18.7 Å². The highest BCUT2D eigenvalue weighted by atomic mass is 15.5. The Morgan fingerprint density at radius 2 is 1.87 bits per heavy atom. The third kappa shape index (κ3) is 2.21. The minimum atomic E-state index is 0.962. The summed E-state index contributed by atoms with van der Waals surface area (Å²) in [6.07, 6.45) is 7.07.